The molecule has 1 aliphatic heterocycles. The number of fused-ring (bicyclic) bond motifs is 1. The van der Waals surface area contributed by atoms with Crippen LogP contribution < -0.4 is 5.32 Å². The Morgan fingerprint density at radius 1 is 1.06 bits per heavy atom. The van der Waals surface area contributed by atoms with Gasteiger partial charge in [-0.1, -0.05) is 36.4 Å². The first-order valence-electron chi connectivity index (χ1n) is 10.1. The number of thiazole rings is 1. The highest BCUT2D eigenvalue weighted by Crippen LogP contribution is 2.30. The molecular formula is C24H20N4O2S. The molecule has 5 rings (SSSR count). The van der Waals surface area contributed by atoms with Crippen LogP contribution in [0, 0.1) is 0 Å². The van der Waals surface area contributed by atoms with Crippen LogP contribution in [0.15, 0.2) is 72.2 Å². The predicted octanol–water partition coefficient (Wildman–Crippen LogP) is 4.57. The molecule has 0 radical (unpaired) electrons. The van der Waals surface area contributed by atoms with Gasteiger partial charge in [-0.2, -0.15) is 0 Å². The van der Waals surface area contributed by atoms with Crippen molar-refractivity contribution in [3.8, 4) is 0 Å². The molecule has 0 saturated carbocycles. The highest BCUT2D eigenvalue weighted by atomic mass is 32.1. The van der Waals surface area contributed by atoms with Crippen LogP contribution in [-0.4, -0.2) is 39.8 Å². The zero-order valence-electron chi connectivity index (χ0n) is 16.7. The van der Waals surface area contributed by atoms with Crippen LogP contribution in [0.2, 0.25) is 0 Å². The quantitative estimate of drug-likeness (QED) is 0.517. The monoisotopic (exact) mass is 428 g/mol. The molecule has 1 N–H and O–H groups in total. The first kappa shape index (κ1) is 19.4. The molecular weight excluding hydrogens is 408 g/mol. The molecule has 6 nitrogen and oxygen atoms in total. The summed E-state index contributed by atoms with van der Waals surface area (Å²) < 4.78 is 0. The van der Waals surface area contributed by atoms with Gasteiger partial charge in [0.1, 0.15) is 0 Å². The largest absolute Gasteiger partial charge is 0.338 e. The Bertz CT molecular complexity index is 1240. The fourth-order valence-electron chi connectivity index (χ4n) is 3.99. The van der Waals surface area contributed by atoms with Gasteiger partial charge < -0.3 is 4.90 Å². The Hall–Kier alpha value is -3.58. The van der Waals surface area contributed by atoms with Gasteiger partial charge in [0.2, 0.25) is 0 Å². The first-order valence-corrected chi connectivity index (χ1v) is 11.0. The van der Waals surface area contributed by atoms with Crippen LogP contribution >= 0.6 is 11.3 Å². The van der Waals surface area contributed by atoms with E-state index < -0.39 is 0 Å². The zero-order chi connectivity index (χ0) is 21.2. The molecule has 0 spiro atoms. The third-order valence-corrected chi connectivity index (χ3v) is 6.24. The lowest BCUT2D eigenvalue weighted by Crippen LogP contribution is -2.28. The molecule has 0 aliphatic carbocycles. The topological polar surface area (TPSA) is 75.2 Å². The smallest absolute Gasteiger partial charge is 0.258 e. The van der Waals surface area contributed by atoms with Gasteiger partial charge in [0.25, 0.3) is 11.8 Å². The molecule has 1 aliphatic rings. The number of pyridine rings is 1. The number of rotatable bonds is 4. The fourth-order valence-corrected chi connectivity index (χ4v) is 4.52. The Labute approximate surface area is 183 Å². The summed E-state index contributed by atoms with van der Waals surface area (Å²) in [4.78, 5) is 36.7. The fraction of sp³-hybridized carbons (Fsp3) is 0.167. The summed E-state index contributed by atoms with van der Waals surface area (Å²) in [6.07, 6.45) is 2.48. The Morgan fingerprint density at radius 2 is 1.87 bits per heavy atom. The summed E-state index contributed by atoms with van der Waals surface area (Å²) in [5.41, 5.74) is 2.88. The number of likely N-dealkylation sites (tertiary alicyclic amines) is 1. The van der Waals surface area contributed by atoms with E-state index in [1.54, 1.807) is 6.20 Å². The number of nitrogens with one attached hydrogen (secondary N) is 1. The molecule has 1 fully saturated rings. The Morgan fingerprint density at radius 3 is 2.68 bits per heavy atom. The third kappa shape index (κ3) is 3.92. The minimum atomic E-state index is -0.204. The van der Waals surface area contributed by atoms with Crippen LogP contribution in [0.1, 0.15) is 38.7 Å². The van der Waals surface area contributed by atoms with E-state index in [-0.39, 0.29) is 17.7 Å². The van der Waals surface area contributed by atoms with Crippen molar-refractivity contribution in [1.29, 1.82) is 0 Å². The maximum absolute atomic E-state index is 13.0. The number of benzene rings is 2. The second kappa shape index (κ2) is 8.28. The van der Waals surface area contributed by atoms with Gasteiger partial charge in [0.15, 0.2) is 5.13 Å². The second-order valence-electron chi connectivity index (χ2n) is 7.51. The number of nitrogens with zero attached hydrogens (tertiary/aromatic N) is 3. The highest BCUT2D eigenvalue weighted by Gasteiger charge is 2.29. The van der Waals surface area contributed by atoms with Crippen LogP contribution in [0.25, 0.3) is 10.9 Å². The summed E-state index contributed by atoms with van der Waals surface area (Å²) in [5.74, 6) is -0.0840. The molecule has 7 heteroatoms. The molecule has 0 bridgehead atoms. The van der Waals surface area contributed by atoms with Crippen molar-refractivity contribution in [1.82, 2.24) is 14.9 Å². The SMILES string of the molecule is O=C(Nc1nccs1)c1cc([C@@H]2CCN(C(=O)c3ccccc3)C2)nc2ccccc12. The van der Waals surface area contributed by atoms with Gasteiger partial charge in [0, 0.05) is 47.2 Å². The number of carbonyl (C=O) groups excluding carboxylic acids is 2. The number of carbonyl (C=O) groups is 2. The minimum Gasteiger partial charge on any atom is -0.338 e. The van der Waals surface area contributed by atoms with Gasteiger partial charge in [-0.05, 0) is 30.7 Å². The molecule has 4 aromatic rings. The van der Waals surface area contributed by atoms with Crippen molar-refractivity contribution < 1.29 is 9.59 Å². The summed E-state index contributed by atoms with van der Waals surface area (Å²) in [5, 5.41) is 6.06. The third-order valence-electron chi connectivity index (χ3n) is 5.55. The number of para-hydroxylation sites is 1. The van der Waals surface area contributed by atoms with Crippen LogP contribution in [0.5, 0.6) is 0 Å². The van der Waals surface area contributed by atoms with Crippen molar-refractivity contribution in [3.05, 3.63) is 89.1 Å². The van der Waals surface area contributed by atoms with Crippen LogP contribution in [-0.2, 0) is 0 Å². The summed E-state index contributed by atoms with van der Waals surface area (Å²) >= 11 is 1.38. The van der Waals surface area contributed by atoms with E-state index in [0.29, 0.717) is 29.3 Å². The van der Waals surface area contributed by atoms with E-state index in [0.717, 1.165) is 23.0 Å². The van der Waals surface area contributed by atoms with Gasteiger partial charge in [-0.15, -0.1) is 11.3 Å². The van der Waals surface area contributed by atoms with Crippen molar-refractivity contribution >= 4 is 39.2 Å². The van der Waals surface area contributed by atoms with E-state index in [1.807, 2.05) is 70.9 Å². The predicted molar refractivity (Wildman–Crippen MR) is 122 cm³/mol. The Balaban J connectivity index is 1.44. The van der Waals surface area contributed by atoms with Crippen LogP contribution in [0.3, 0.4) is 0 Å². The van der Waals surface area contributed by atoms with Gasteiger partial charge >= 0.3 is 0 Å². The lowest BCUT2D eigenvalue weighted by molar-refractivity contribution is 0.0790. The standard InChI is InChI=1S/C24H20N4O2S/c29-22(27-24-25-11-13-31-24)19-14-21(26-20-9-5-4-8-18(19)20)17-10-12-28(15-17)23(30)16-6-2-1-3-7-16/h1-9,11,13-14,17H,10,12,15H2,(H,25,27,29)/t17-/m1/s1. The van der Waals surface area contributed by atoms with E-state index in [9.17, 15) is 9.59 Å². The average Bonchev–Trinajstić information content (AvgIpc) is 3.51. The molecule has 0 unspecified atom stereocenters. The maximum Gasteiger partial charge on any atom is 0.258 e. The normalized spacial score (nSPS) is 15.9. The molecule has 1 saturated heterocycles. The minimum absolute atomic E-state index is 0.0330. The number of hydrogen-bond donors (Lipinski definition) is 1. The van der Waals surface area contributed by atoms with Crippen molar-refractivity contribution in [3.63, 3.8) is 0 Å². The summed E-state index contributed by atoms with van der Waals surface area (Å²) in [6.45, 7) is 1.26. The zero-order valence-corrected chi connectivity index (χ0v) is 17.5. The Kier molecular flexibility index (Phi) is 5.18. The summed E-state index contributed by atoms with van der Waals surface area (Å²) in [7, 11) is 0. The number of aromatic nitrogens is 2. The van der Waals surface area contributed by atoms with Gasteiger partial charge in [0.05, 0.1) is 11.1 Å². The van der Waals surface area contributed by atoms with Crippen molar-refractivity contribution in [2.24, 2.45) is 0 Å². The molecule has 2 amide bonds. The van der Waals surface area contributed by atoms with E-state index in [2.05, 4.69) is 10.3 Å². The lowest BCUT2D eigenvalue weighted by Gasteiger charge is -2.17. The number of anilines is 1. The van der Waals surface area contributed by atoms with Crippen molar-refractivity contribution in [2.75, 3.05) is 18.4 Å². The molecule has 154 valence electrons. The molecule has 1 atom stereocenters. The average molecular weight is 429 g/mol. The van der Waals surface area contributed by atoms with E-state index in [1.165, 1.54) is 11.3 Å². The highest BCUT2D eigenvalue weighted by molar-refractivity contribution is 7.13. The summed E-state index contributed by atoms with van der Waals surface area (Å²) in [6, 6.07) is 18.8. The maximum atomic E-state index is 13.0. The van der Waals surface area contributed by atoms with Crippen molar-refractivity contribution in [2.45, 2.75) is 12.3 Å². The second-order valence-corrected chi connectivity index (χ2v) is 8.40. The van der Waals surface area contributed by atoms with Crippen LogP contribution in [0.4, 0.5) is 5.13 Å². The van der Waals surface area contributed by atoms with E-state index in [4.69, 9.17) is 4.98 Å². The number of hydrogen-bond acceptors (Lipinski definition) is 5. The lowest BCUT2D eigenvalue weighted by atomic mass is 9.99. The van der Waals surface area contributed by atoms with Gasteiger partial charge in [-0.25, -0.2) is 4.98 Å². The molecule has 2 aromatic carbocycles. The molecule has 2 aromatic heterocycles. The molecule has 3 heterocycles. The number of amides is 2. The first-order chi connectivity index (χ1) is 15.2. The molecule has 31 heavy (non-hydrogen) atoms. The van der Waals surface area contributed by atoms with E-state index >= 15 is 0 Å². The van der Waals surface area contributed by atoms with Gasteiger partial charge in [-0.3, -0.25) is 19.9 Å².